The summed E-state index contributed by atoms with van der Waals surface area (Å²) < 4.78 is 5.92. The molecule has 106 valence electrons. The van der Waals surface area contributed by atoms with Crippen LogP contribution in [-0.4, -0.2) is 15.9 Å². The summed E-state index contributed by atoms with van der Waals surface area (Å²) in [7, 11) is 0. The molecule has 0 radical (unpaired) electrons. The van der Waals surface area contributed by atoms with Crippen molar-refractivity contribution in [2.24, 2.45) is 11.8 Å². The van der Waals surface area contributed by atoms with E-state index in [0.717, 1.165) is 30.7 Å². The predicted molar refractivity (Wildman–Crippen MR) is 76.2 cm³/mol. The van der Waals surface area contributed by atoms with Crippen LogP contribution < -0.4 is 0 Å². The Kier molecular flexibility index (Phi) is 2.77. The molecule has 2 fully saturated rings. The number of esters is 1. The van der Waals surface area contributed by atoms with Crippen molar-refractivity contribution in [1.82, 2.24) is 9.97 Å². The van der Waals surface area contributed by atoms with Crippen LogP contribution >= 0.6 is 0 Å². The standard InChI is InChI=1S/C17H16N2O2/c20-16-12-6-5-7-13(12)17(21-16,14-8-1-3-10-18-14)15-9-2-4-11-19-15/h1-4,8-13H,5-7H2/t12-,13+/m0/s1. The molecule has 2 aromatic rings. The normalized spacial score (nSPS) is 26.4. The van der Waals surface area contributed by atoms with E-state index in [1.807, 2.05) is 36.4 Å². The van der Waals surface area contributed by atoms with Crippen molar-refractivity contribution in [2.45, 2.75) is 24.9 Å². The van der Waals surface area contributed by atoms with Crippen molar-refractivity contribution < 1.29 is 9.53 Å². The molecule has 2 atom stereocenters. The Balaban J connectivity index is 1.94. The van der Waals surface area contributed by atoms with Gasteiger partial charge in [-0.15, -0.1) is 0 Å². The number of carbonyl (C=O) groups excluding carboxylic acids is 1. The first-order valence-corrected chi connectivity index (χ1v) is 7.38. The van der Waals surface area contributed by atoms with Gasteiger partial charge in [-0.2, -0.15) is 0 Å². The van der Waals surface area contributed by atoms with Gasteiger partial charge in [0.1, 0.15) is 0 Å². The number of carbonyl (C=O) groups is 1. The molecule has 1 saturated heterocycles. The van der Waals surface area contributed by atoms with Crippen molar-refractivity contribution in [3.8, 4) is 0 Å². The second-order valence-corrected chi connectivity index (χ2v) is 5.73. The lowest BCUT2D eigenvalue weighted by Crippen LogP contribution is -2.36. The van der Waals surface area contributed by atoms with Gasteiger partial charge in [-0.05, 0) is 37.1 Å². The summed E-state index contributed by atoms with van der Waals surface area (Å²) in [5.41, 5.74) is 0.749. The number of ether oxygens (including phenoxy) is 1. The summed E-state index contributed by atoms with van der Waals surface area (Å²) in [6, 6.07) is 11.5. The maximum atomic E-state index is 12.3. The zero-order chi connectivity index (χ0) is 14.3. The van der Waals surface area contributed by atoms with Crippen LogP contribution in [0.5, 0.6) is 0 Å². The van der Waals surface area contributed by atoms with Gasteiger partial charge in [0.25, 0.3) is 0 Å². The minimum Gasteiger partial charge on any atom is -0.445 e. The predicted octanol–water partition coefficient (Wildman–Crippen LogP) is 2.69. The van der Waals surface area contributed by atoms with Gasteiger partial charge in [0.2, 0.25) is 0 Å². The summed E-state index contributed by atoms with van der Waals surface area (Å²) >= 11 is 0. The maximum Gasteiger partial charge on any atom is 0.310 e. The van der Waals surface area contributed by atoms with Crippen LogP contribution in [0.1, 0.15) is 30.7 Å². The van der Waals surface area contributed by atoms with Gasteiger partial charge in [0.05, 0.1) is 17.3 Å². The van der Waals surface area contributed by atoms with Crippen molar-refractivity contribution in [2.75, 3.05) is 0 Å². The van der Waals surface area contributed by atoms with Crippen molar-refractivity contribution in [3.63, 3.8) is 0 Å². The quantitative estimate of drug-likeness (QED) is 0.794. The van der Waals surface area contributed by atoms with Gasteiger partial charge in [-0.3, -0.25) is 14.8 Å². The minimum absolute atomic E-state index is 0.0194. The molecule has 21 heavy (non-hydrogen) atoms. The highest BCUT2D eigenvalue weighted by molar-refractivity contribution is 5.77. The molecular weight excluding hydrogens is 264 g/mol. The summed E-state index contributed by atoms with van der Waals surface area (Å²) in [5.74, 6) is 0.0117. The number of fused-ring (bicyclic) bond motifs is 1. The summed E-state index contributed by atoms with van der Waals surface area (Å²) in [6.45, 7) is 0. The van der Waals surface area contributed by atoms with Gasteiger partial charge in [0, 0.05) is 18.3 Å². The molecule has 2 aliphatic rings. The lowest BCUT2D eigenvalue weighted by atomic mass is 9.78. The molecule has 4 heteroatoms. The molecule has 1 saturated carbocycles. The Morgan fingerprint density at radius 2 is 1.67 bits per heavy atom. The highest BCUT2D eigenvalue weighted by atomic mass is 16.6. The second kappa shape index (κ2) is 4.65. The summed E-state index contributed by atoms with van der Waals surface area (Å²) in [6.07, 6.45) is 6.44. The molecule has 0 amide bonds. The molecule has 0 aromatic carbocycles. The van der Waals surface area contributed by atoms with Gasteiger partial charge in [0.15, 0.2) is 5.60 Å². The van der Waals surface area contributed by atoms with E-state index in [0.29, 0.717) is 0 Å². The molecule has 0 spiro atoms. The lowest BCUT2D eigenvalue weighted by Gasteiger charge is -2.31. The average molecular weight is 280 g/mol. The van der Waals surface area contributed by atoms with Crippen molar-refractivity contribution in [3.05, 3.63) is 60.2 Å². The van der Waals surface area contributed by atoms with E-state index in [-0.39, 0.29) is 17.8 Å². The SMILES string of the molecule is O=C1OC(c2ccccn2)(c2ccccn2)[C@@H]2CCC[C@H]12. The van der Waals surface area contributed by atoms with Gasteiger partial charge >= 0.3 is 5.97 Å². The topological polar surface area (TPSA) is 52.1 Å². The van der Waals surface area contributed by atoms with Crippen LogP contribution in [0, 0.1) is 11.8 Å². The van der Waals surface area contributed by atoms with E-state index < -0.39 is 5.60 Å². The van der Waals surface area contributed by atoms with E-state index >= 15 is 0 Å². The Bertz CT molecular complexity index is 618. The first-order chi connectivity index (χ1) is 10.3. The van der Waals surface area contributed by atoms with Crippen LogP contribution in [-0.2, 0) is 15.1 Å². The number of hydrogen-bond donors (Lipinski definition) is 0. The van der Waals surface area contributed by atoms with Crippen molar-refractivity contribution >= 4 is 5.97 Å². The van der Waals surface area contributed by atoms with Gasteiger partial charge in [-0.1, -0.05) is 18.6 Å². The molecule has 2 aromatic heterocycles. The van der Waals surface area contributed by atoms with E-state index in [2.05, 4.69) is 9.97 Å². The van der Waals surface area contributed by atoms with Crippen LogP contribution in [0.2, 0.25) is 0 Å². The molecule has 1 aliphatic carbocycles. The van der Waals surface area contributed by atoms with E-state index in [1.165, 1.54) is 0 Å². The molecule has 4 rings (SSSR count). The summed E-state index contributed by atoms with van der Waals surface area (Å²) in [4.78, 5) is 21.3. The maximum absolute atomic E-state index is 12.3. The fraction of sp³-hybridized carbons (Fsp3) is 0.353. The third-order valence-electron chi connectivity index (χ3n) is 4.69. The Morgan fingerprint density at radius 3 is 2.24 bits per heavy atom. The number of cyclic esters (lactones) is 1. The number of rotatable bonds is 2. The number of nitrogens with zero attached hydrogens (tertiary/aromatic N) is 2. The second-order valence-electron chi connectivity index (χ2n) is 5.73. The molecule has 0 bridgehead atoms. The summed E-state index contributed by atoms with van der Waals surface area (Å²) in [5, 5.41) is 0. The fourth-order valence-corrected chi connectivity index (χ4v) is 3.82. The monoisotopic (exact) mass is 280 g/mol. The number of aromatic nitrogens is 2. The Labute approximate surface area is 123 Å². The molecule has 0 unspecified atom stereocenters. The van der Waals surface area contributed by atoms with Crippen LogP contribution in [0.15, 0.2) is 48.8 Å². The van der Waals surface area contributed by atoms with Crippen LogP contribution in [0.4, 0.5) is 0 Å². The largest absolute Gasteiger partial charge is 0.445 e. The molecular formula is C17H16N2O2. The first kappa shape index (κ1) is 12.5. The van der Waals surface area contributed by atoms with E-state index in [4.69, 9.17) is 4.74 Å². The van der Waals surface area contributed by atoms with Gasteiger partial charge in [-0.25, -0.2) is 0 Å². The molecule has 1 aliphatic heterocycles. The van der Waals surface area contributed by atoms with Crippen molar-refractivity contribution in [1.29, 1.82) is 0 Å². The van der Waals surface area contributed by atoms with E-state index in [1.54, 1.807) is 12.4 Å². The zero-order valence-corrected chi connectivity index (χ0v) is 11.6. The fourth-order valence-electron chi connectivity index (χ4n) is 3.82. The highest BCUT2D eigenvalue weighted by Crippen LogP contribution is 2.54. The molecule has 4 nitrogen and oxygen atoms in total. The molecule has 0 N–H and O–H groups in total. The van der Waals surface area contributed by atoms with E-state index in [9.17, 15) is 4.79 Å². The first-order valence-electron chi connectivity index (χ1n) is 7.38. The lowest BCUT2D eigenvalue weighted by molar-refractivity contribution is -0.150. The highest BCUT2D eigenvalue weighted by Gasteiger charge is 2.60. The van der Waals surface area contributed by atoms with Crippen LogP contribution in [0.25, 0.3) is 0 Å². The third-order valence-corrected chi connectivity index (χ3v) is 4.69. The molecule has 3 heterocycles. The number of pyridine rings is 2. The minimum atomic E-state index is -0.819. The van der Waals surface area contributed by atoms with Crippen LogP contribution in [0.3, 0.4) is 0 Å². The van der Waals surface area contributed by atoms with Gasteiger partial charge < -0.3 is 4.74 Å². The number of hydrogen-bond acceptors (Lipinski definition) is 4. The Morgan fingerprint density at radius 1 is 1.00 bits per heavy atom. The average Bonchev–Trinajstić information content (AvgIpc) is 3.13. The smallest absolute Gasteiger partial charge is 0.310 e. The zero-order valence-electron chi connectivity index (χ0n) is 11.6. The Hall–Kier alpha value is -2.23. The third kappa shape index (κ3) is 1.71.